The van der Waals surface area contributed by atoms with Gasteiger partial charge in [0.2, 0.25) is 0 Å². The Bertz CT molecular complexity index is 1070. The van der Waals surface area contributed by atoms with E-state index >= 15 is 0 Å². The Morgan fingerprint density at radius 3 is 2.52 bits per heavy atom. The fraction of sp³-hybridized carbons (Fsp3) is 0.391. The molecule has 33 heavy (non-hydrogen) atoms. The minimum Gasteiger partial charge on any atom is -0.497 e. The normalized spacial score (nSPS) is 14.0. The Morgan fingerprint density at radius 1 is 1.18 bits per heavy atom. The van der Waals surface area contributed by atoms with Crippen LogP contribution in [-0.4, -0.2) is 69.4 Å². The molecule has 0 bridgehead atoms. The van der Waals surface area contributed by atoms with Crippen LogP contribution < -0.4 is 14.4 Å². The number of para-hydroxylation sites is 1. The first-order chi connectivity index (χ1) is 15.6. The van der Waals surface area contributed by atoms with Crippen molar-refractivity contribution in [2.45, 2.75) is 6.42 Å². The molecule has 0 saturated carbocycles. The molecule has 1 saturated heterocycles. The second kappa shape index (κ2) is 11.9. The molecule has 178 valence electrons. The lowest BCUT2D eigenvalue weighted by atomic mass is 10.1. The Morgan fingerprint density at radius 2 is 1.88 bits per heavy atom. The second-order valence-electron chi connectivity index (χ2n) is 7.45. The average Bonchev–Trinajstić information content (AvgIpc) is 3.27. The molecular formula is C23H27Cl2N3O4S. The minimum absolute atomic E-state index is 0. The number of fused-ring (bicyclic) bond motifs is 1. The van der Waals surface area contributed by atoms with Crippen molar-refractivity contribution >= 4 is 56.6 Å². The number of nitrogens with zero attached hydrogens (tertiary/aromatic N) is 3. The van der Waals surface area contributed by atoms with E-state index in [0.29, 0.717) is 39.3 Å². The van der Waals surface area contributed by atoms with Gasteiger partial charge in [-0.3, -0.25) is 14.6 Å². The first kappa shape index (κ1) is 25.5. The summed E-state index contributed by atoms with van der Waals surface area (Å²) in [6.07, 6.45) is 0.816. The van der Waals surface area contributed by atoms with Crippen molar-refractivity contribution in [1.82, 2.24) is 9.88 Å². The van der Waals surface area contributed by atoms with Gasteiger partial charge in [-0.05, 0) is 30.7 Å². The zero-order chi connectivity index (χ0) is 22.5. The molecule has 3 aromatic rings. The number of morpholine rings is 1. The van der Waals surface area contributed by atoms with Crippen LogP contribution in [0, 0.1) is 0 Å². The van der Waals surface area contributed by atoms with Gasteiger partial charge in [-0.2, -0.15) is 0 Å². The highest BCUT2D eigenvalue weighted by atomic mass is 35.5. The van der Waals surface area contributed by atoms with E-state index in [1.807, 2.05) is 18.2 Å². The van der Waals surface area contributed by atoms with Crippen LogP contribution in [0.15, 0.2) is 36.4 Å². The predicted octanol–water partition coefficient (Wildman–Crippen LogP) is 4.76. The topological polar surface area (TPSA) is 64.1 Å². The number of aromatic nitrogens is 1. The molecule has 4 rings (SSSR count). The van der Waals surface area contributed by atoms with Gasteiger partial charge in [0.15, 0.2) is 5.13 Å². The zero-order valence-corrected chi connectivity index (χ0v) is 21.0. The van der Waals surface area contributed by atoms with E-state index in [9.17, 15) is 4.79 Å². The van der Waals surface area contributed by atoms with Gasteiger partial charge in [0, 0.05) is 37.8 Å². The fourth-order valence-electron chi connectivity index (χ4n) is 3.67. The number of rotatable bonds is 8. The van der Waals surface area contributed by atoms with E-state index in [4.69, 9.17) is 30.8 Å². The summed E-state index contributed by atoms with van der Waals surface area (Å²) in [4.78, 5) is 22.4. The van der Waals surface area contributed by atoms with E-state index in [1.54, 1.807) is 37.3 Å². The summed E-state index contributed by atoms with van der Waals surface area (Å²) in [5.74, 6) is 0.973. The van der Waals surface area contributed by atoms with Gasteiger partial charge in [-0.15, -0.1) is 12.4 Å². The van der Waals surface area contributed by atoms with Crippen molar-refractivity contribution in [3.05, 3.63) is 47.0 Å². The van der Waals surface area contributed by atoms with Gasteiger partial charge in [0.1, 0.15) is 17.0 Å². The van der Waals surface area contributed by atoms with Crippen molar-refractivity contribution in [1.29, 1.82) is 0 Å². The molecule has 0 aliphatic carbocycles. The summed E-state index contributed by atoms with van der Waals surface area (Å²) in [6.45, 7) is 4.76. The van der Waals surface area contributed by atoms with Crippen LogP contribution in [0.4, 0.5) is 5.13 Å². The number of methoxy groups -OCH3 is 2. The standard InChI is InChI=1S/C23H26ClN3O4S.ClH/c1-29-17-13-16(14-18(15-17)30-2)22(28)27(8-4-7-26-9-11-31-12-10-26)23-25-21-19(24)5-3-6-20(21)32-23;/h3,5-6,13-15H,4,7-12H2,1-2H3;1H. The quantitative estimate of drug-likeness (QED) is 0.434. The van der Waals surface area contributed by atoms with Crippen LogP contribution in [0.2, 0.25) is 5.02 Å². The molecule has 0 spiro atoms. The molecule has 0 unspecified atom stereocenters. The third-order valence-electron chi connectivity index (χ3n) is 5.39. The molecule has 2 heterocycles. The maximum Gasteiger partial charge on any atom is 0.260 e. The number of benzene rings is 2. The number of halogens is 2. The molecule has 1 aromatic heterocycles. The van der Waals surface area contributed by atoms with Crippen molar-refractivity contribution in [3.63, 3.8) is 0 Å². The maximum atomic E-state index is 13.6. The summed E-state index contributed by atoms with van der Waals surface area (Å²) in [7, 11) is 3.14. The predicted molar refractivity (Wildman–Crippen MR) is 135 cm³/mol. The van der Waals surface area contributed by atoms with Crippen LogP contribution in [0.25, 0.3) is 10.2 Å². The molecular weight excluding hydrogens is 485 g/mol. The second-order valence-corrected chi connectivity index (χ2v) is 8.87. The third-order valence-corrected chi connectivity index (χ3v) is 6.74. The fourth-order valence-corrected chi connectivity index (χ4v) is 4.96. The monoisotopic (exact) mass is 511 g/mol. The smallest absolute Gasteiger partial charge is 0.260 e. The van der Waals surface area contributed by atoms with Crippen molar-refractivity contribution < 1.29 is 19.0 Å². The van der Waals surface area contributed by atoms with Crippen molar-refractivity contribution in [3.8, 4) is 11.5 Å². The molecule has 10 heteroatoms. The summed E-state index contributed by atoms with van der Waals surface area (Å²) in [6, 6.07) is 10.9. The van der Waals surface area contributed by atoms with Crippen LogP contribution in [0.1, 0.15) is 16.8 Å². The first-order valence-corrected chi connectivity index (χ1v) is 11.7. The van der Waals surface area contributed by atoms with Gasteiger partial charge in [0.25, 0.3) is 5.91 Å². The summed E-state index contributed by atoms with van der Waals surface area (Å²) in [5.41, 5.74) is 1.20. The molecule has 2 aromatic carbocycles. The molecule has 1 amide bonds. The van der Waals surface area contributed by atoms with E-state index in [2.05, 4.69) is 4.90 Å². The minimum atomic E-state index is -0.153. The van der Waals surface area contributed by atoms with E-state index in [1.165, 1.54) is 11.3 Å². The van der Waals surface area contributed by atoms with Crippen LogP contribution in [-0.2, 0) is 4.74 Å². The number of amides is 1. The Balaban J connectivity index is 0.00000306. The lowest BCUT2D eigenvalue weighted by Gasteiger charge is -2.27. The van der Waals surface area contributed by atoms with E-state index in [0.717, 1.165) is 44.0 Å². The number of anilines is 1. The third kappa shape index (κ3) is 6.07. The van der Waals surface area contributed by atoms with E-state index < -0.39 is 0 Å². The van der Waals surface area contributed by atoms with Gasteiger partial charge in [-0.1, -0.05) is 29.0 Å². The lowest BCUT2D eigenvalue weighted by molar-refractivity contribution is 0.0376. The van der Waals surface area contributed by atoms with Crippen molar-refractivity contribution in [2.75, 3.05) is 58.5 Å². The molecule has 1 aliphatic rings. The molecule has 0 N–H and O–H groups in total. The summed E-state index contributed by atoms with van der Waals surface area (Å²) >= 11 is 7.81. The lowest BCUT2D eigenvalue weighted by Crippen LogP contribution is -2.39. The van der Waals surface area contributed by atoms with Gasteiger partial charge >= 0.3 is 0 Å². The summed E-state index contributed by atoms with van der Waals surface area (Å²) in [5, 5.41) is 1.20. The molecule has 1 aliphatic heterocycles. The number of hydrogen-bond acceptors (Lipinski definition) is 7. The largest absolute Gasteiger partial charge is 0.497 e. The highest BCUT2D eigenvalue weighted by molar-refractivity contribution is 7.22. The first-order valence-electron chi connectivity index (χ1n) is 10.5. The molecule has 0 radical (unpaired) electrons. The van der Waals surface area contributed by atoms with Gasteiger partial charge in [-0.25, -0.2) is 4.98 Å². The molecule has 7 nitrogen and oxygen atoms in total. The molecule has 1 fully saturated rings. The van der Waals surface area contributed by atoms with E-state index in [-0.39, 0.29) is 18.3 Å². The number of thiazole rings is 1. The average molecular weight is 512 g/mol. The van der Waals surface area contributed by atoms with Crippen molar-refractivity contribution in [2.24, 2.45) is 0 Å². The van der Waals surface area contributed by atoms with Crippen LogP contribution >= 0.6 is 35.3 Å². The Kier molecular flexibility index (Phi) is 9.17. The van der Waals surface area contributed by atoms with Gasteiger partial charge in [0.05, 0.1) is 37.2 Å². The highest BCUT2D eigenvalue weighted by Crippen LogP contribution is 2.34. The maximum absolute atomic E-state index is 13.6. The van der Waals surface area contributed by atoms with Gasteiger partial charge < -0.3 is 14.2 Å². The molecule has 0 atom stereocenters. The van der Waals surface area contributed by atoms with Crippen LogP contribution in [0.5, 0.6) is 11.5 Å². The highest BCUT2D eigenvalue weighted by Gasteiger charge is 2.23. The number of carbonyl (C=O) groups excluding carboxylic acids is 1. The van der Waals surface area contributed by atoms with Crippen LogP contribution in [0.3, 0.4) is 0 Å². The Labute approximate surface area is 208 Å². The zero-order valence-electron chi connectivity index (χ0n) is 18.6. The SMILES string of the molecule is COc1cc(OC)cc(C(=O)N(CCCN2CCOCC2)c2nc3c(Cl)cccc3s2)c1.Cl. The summed E-state index contributed by atoms with van der Waals surface area (Å²) < 4.78 is 17.1. The number of ether oxygens (including phenoxy) is 3. The Hall–Kier alpha value is -2.10. The number of hydrogen-bond donors (Lipinski definition) is 0. The number of carbonyl (C=O) groups is 1.